The maximum absolute atomic E-state index is 10.9. The van der Waals surface area contributed by atoms with Gasteiger partial charge in [0.1, 0.15) is 0 Å². The Morgan fingerprint density at radius 2 is 2.25 bits per heavy atom. The van der Waals surface area contributed by atoms with Gasteiger partial charge in [0.15, 0.2) is 17.8 Å². The van der Waals surface area contributed by atoms with Gasteiger partial charge in [-0.15, -0.1) is 11.3 Å². The SMILES string of the molecule is COc1cc(-c2cccs2)c(C=O)cc1O. The monoisotopic (exact) mass is 234 g/mol. The zero-order valence-electron chi connectivity index (χ0n) is 8.64. The van der Waals surface area contributed by atoms with Gasteiger partial charge in [0.2, 0.25) is 0 Å². The third-order valence-corrected chi connectivity index (χ3v) is 3.17. The van der Waals surface area contributed by atoms with Crippen molar-refractivity contribution in [1.82, 2.24) is 0 Å². The number of hydrogen-bond acceptors (Lipinski definition) is 4. The second-order valence-electron chi connectivity index (χ2n) is 3.21. The highest BCUT2D eigenvalue weighted by Crippen LogP contribution is 2.36. The number of aldehydes is 1. The zero-order valence-corrected chi connectivity index (χ0v) is 9.45. The molecule has 0 unspecified atom stereocenters. The van der Waals surface area contributed by atoms with Gasteiger partial charge in [0, 0.05) is 16.0 Å². The molecule has 82 valence electrons. The van der Waals surface area contributed by atoms with Gasteiger partial charge in [-0.1, -0.05) is 6.07 Å². The fourth-order valence-electron chi connectivity index (χ4n) is 1.49. The Labute approximate surface area is 96.9 Å². The van der Waals surface area contributed by atoms with Gasteiger partial charge in [-0.25, -0.2) is 0 Å². The van der Waals surface area contributed by atoms with Gasteiger partial charge < -0.3 is 9.84 Å². The summed E-state index contributed by atoms with van der Waals surface area (Å²) in [5.41, 5.74) is 1.24. The van der Waals surface area contributed by atoms with E-state index in [9.17, 15) is 9.90 Å². The van der Waals surface area contributed by atoms with Crippen molar-refractivity contribution in [1.29, 1.82) is 0 Å². The summed E-state index contributed by atoms with van der Waals surface area (Å²) in [5, 5.41) is 11.5. The summed E-state index contributed by atoms with van der Waals surface area (Å²) in [6.45, 7) is 0. The molecule has 2 aromatic rings. The van der Waals surface area contributed by atoms with E-state index in [0.29, 0.717) is 11.3 Å². The first-order valence-corrected chi connectivity index (χ1v) is 5.54. The smallest absolute Gasteiger partial charge is 0.161 e. The lowest BCUT2D eigenvalue weighted by molar-refractivity contribution is 0.112. The van der Waals surface area contributed by atoms with Crippen molar-refractivity contribution >= 4 is 17.6 Å². The molecule has 16 heavy (non-hydrogen) atoms. The Balaban J connectivity index is 2.63. The lowest BCUT2D eigenvalue weighted by Gasteiger charge is -2.08. The van der Waals surface area contributed by atoms with Crippen LogP contribution in [0.2, 0.25) is 0 Å². The van der Waals surface area contributed by atoms with Crippen molar-refractivity contribution < 1.29 is 14.6 Å². The maximum atomic E-state index is 10.9. The van der Waals surface area contributed by atoms with E-state index in [1.165, 1.54) is 24.5 Å². The summed E-state index contributed by atoms with van der Waals surface area (Å²) in [4.78, 5) is 11.9. The lowest BCUT2D eigenvalue weighted by Crippen LogP contribution is -1.90. The second-order valence-corrected chi connectivity index (χ2v) is 4.15. The van der Waals surface area contributed by atoms with Crippen LogP contribution in [0.5, 0.6) is 11.5 Å². The second kappa shape index (κ2) is 4.37. The summed E-state index contributed by atoms with van der Waals surface area (Å²) < 4.78 is 5.02. The topological polar surface area (TPSA) is 46.5 Å². The van der Waals surface area contributed by atoms with Crippen LogP contribution >= 0.6 is 11.3 Å². The number of aromatic hydroxyl groups is 1. The maximum Gasteiger partial charge on any atom is 0.161 e. The molecule has 0 atom stereocenters. The first-order chi connectivity index (χ1) is 7.76. The number of rotatable bonds is 3. The van der Waals surface area contributed by atoms with E-state index < -0.39 is 0 Å². The van der Waals surface area contributed by atoms with Crippen molar-refractivity contribution in [2.24, 2.45) is 0 Å². The van der Waals surface area contributed by atoms with Crippen LogP contribution in [0.3, 0.4) is 0 Å². The van der Waals surface area contributed by atoms with E-state index in [2.05, 4.69) is 0 Å². The van der Waals surface area contributed by atoms with E-state index >= 15 is 0 Å². The molecular formula is C12H10O3S. The van der Waals surface area contributed by atoms with Crippen LogP contribution in [-0.2, 0) is 0 Å². The minimum Gasteiger partial charge on any atom is -0.504 e. The van der Waals surface area contributed by atoms with Crippen LogP contribution in [-0.4, -0.2) is 18.5 Å². The predicted molar refractivity (Wildman–Crippen MR) is 63.4 cm³/mol. The first-order valence-electron chi connectivity index (χ1n) is 4.66. The molecular weight excluding hydrogens is 224 g/mol. The molecule has 0 amide bonds. The van der Waals surface area contributed by atoms with Gasteiger partial charge in [-0.3, -0.25) is 4.79 Å². The Morgan fingerprint density at radius 3 is 2.81 bits per heavy atom. The van der Waals surface area contributed by atoms with Crippen LogP contribution in [0.25, 0.3) is 10.4 Å². The molecule has 3 nitrogen and oxygen atoms in total. The van der Waals surface area contributed by atoms with Crippen LogP contribution < -0.4 is 4.74 Å². The number of carbonyl (C=O) groups is 1. The fourth-order valence-corrected chi connectivity index (χ4v) is 2.26. The van der Waals surface area contributed by atoms with Crippen LogP contribution in [0, 0.1) is 0 Å². The van der Waals surface area contributed by atoms with Gasteiger partial charge in [0.05, 0.1) is 7.11 Å². The molecule has 0 saturated carbocycles. The molecule has 0 bridgehead atoms. The highest BCUT2D eigenvalue weighted by atomic mass is 32.1. The standard InChI is InChI=1S/C12H10O3S/c1-15-11-6-9(12-3-2-4-16-12)8(7-13)5-10(11)14/h2-7,14H,1H3. The van der Waals surface area contributed by atoms with E-state index in [1.807, 2.05) is 17.5 Å². The molecule has 1 aromatic carbocycles. The molecule has 0 aliphatic carbocycles. The number of benzene rings is 1. The highest BCUT2D eigenvalue weighted by Gasteiger charge is 2.11. The molecule has 0 aliphatic rings. The molecule has 0 aliphatic heterocycles. The first kappa shape index (κ1) is 10.7. The summed E-state index contributed by atoms with van der Waals surface area (Å²) in [5.74, 6) is 0.346. The third kappa shape index (κ3) is 1.79. The molecule has 1 aromatic heterocycles. The summed E-state index contributed by atoms with van der Waals surface area (Å²) in [6.07, 6.45) is 0.730. The van der Waals surface area contributed by atoms with Gasteiger partial charge in [0.25, 0.3) is 0 Å². The molecule has 4 heteroatoms. The van der Waals surface area contributed by atoms with E-state index in [-0.39, 0.29) is 5.75 Å². The van der Waals surface area contributed by atoms with Crippen LogP contribution in [0.1, 0.15) is 10.4 Å². The van der Waals surface area contributed by atoms with Crippen molar-refractivity contribution in [3.8, 4) is 21.9 Å². The molecule has 2 rings (SSSR count). The summed E-state index contributed by atoms with van der Waals surface area (Å²) in [7, 11) is 1.48. The predicted octanol–water partition coefficient (Wildman–Crippen LogP) is 2.94. The number of thiophene rings is 1. The zero-order chi connectivity index (χ0) is 11.5. The number of methoxy groups -OCH3 is 1. The van der Waals surface area contributed by atoms with Gasteiger partial charge in [-0.2, -0.15) is 0 Å². The number of phenolic OH excluding ortho intramolecular Hbond substituents is 1. The highest BCUT2D eigenvalue weighted by molar-refractivity contribution is 7.13. The largest absolute Gasteiger partial charge is 0.504 e. The average Bonchev–Trinajstić information content (AvgIpc) is 2.82. The molecule has 0 saturated heterocycles. The fraction of sp³-hybridized carbons (Fsp3) is 0.0833. The van der Waals surface area contributed by atoms with Gasteiger partial charge in [-0.05, 0) is 23.6 Å². The molecule has 0 radical (unpaired) electrons. The van der Waals surface area contributed by atoms with Crippen molar-refractivity contribution in [2.75, 3.05) is 7.11 Å². The lowest BCUT2D eigenvalue weighted by atomic mass is 10.1. The number of ether oxygens (including phenoxy) is 1. The molecule has 0 fully saturated rings. The number of hydrogen-bond donors (Lipinski definition) is 1. The minimum atomic E-state index is -0.0232. The number of carbonyl (C=O) groups excluding carboxylic acids is 1. The Kier molecular flexibility index (Phi) is 2.92. The number of phenols is 1. The molecule has 1 N–H and O–H groups in total. The third-order valence-electron chi connectivity index (χ3n) is 2.26. The Morgan fingerprint density at radius 1 is 1.44 bits per heavy atom. The van der Waals surface area contributed by atoms with Crippen LogP contribution in [0.15, 0.2) is 29.6 Å². The van der Waals surface area contributed by atoms with E-state index in [0.717, 1.165) is 16.7 Å². The molecule has 1 heterocycles. The Bertz CT molecular complexity index is 503. The quantitative estimate of drug-likeness (QED) is 0.830. The van der Waals surface area contributed by atoms with Gasteiger partial charge >= 0.3 is 0 Å². The van der Waals surface area contributed by atoms with Crippen molar-refractivity contribution in [3.63, 3.8) is 0 Å². The Hall–Kier alpha value is -1.81. The van der Waals surface area contributed by atoms with E-state index in [4.69, 9.17) is 4.74 Å². The normalized spacial score (nSPS) is 10.1. The minimum absolute atomic E-state index is 0.0232. The molecule has 0 spiro atoms. The van der Waals surface area contributed by atoms with Crippen molar-refractivity contribution in [3.05, 3.63) is 35.2 Å². The summed E-state index contributed by atoms with van der Waals surface area (Å²) in [6, 6.07) is 6.92. The van der Waals surface area contributed by atoms with E-state index in [1.54, 1.807) is 6.07 Å². The summed E-state index contributed by atoms with van der Waals surface area (Å²) >= 11 is 1.53. The van der Waals surface area contributed by atoms with Crippen molar-refractivity contribution in [2.45, 2.75) is 0 Å². The van der Waals surface area contributed by atoms with Crippen LogP contribution in [0.4, 0.5) is 0 Å². The average molecular weight is 234 g/mol.